The molecule has 0 saturated carbocycles. The minimum Gasteiger partial charge on any atom is -0.392 e. The van der Waals surface area contributed by atoms with Crippen LogP contribution < -0.4 is 4.72 Å². The molecule has 0 aliphatic rings. The number of sulfonamides is 1. The van der Waals surface area contributed by atoms with Crippen molar-refractivity contribution in [3.8, 4) is 0 Å². The van der Waals surface area contributed by atoms with Gasteiger partial charge in [-0.2, -0.15) is 0 Å². The second-order valence-corrected chi connectivity index (χ2v) is 6.66. The number of nitrogens with zero attached hydrogens (tertiary/aromatic N) is 1. The summed E-state index contributed by atoms with van der Waals surface area (Å²) in [7, 11) is -3.70. The summed E-state index contributed by atoms with van der Waals surface area (Å²) < 4.78 is 27.3. The molecule has 1 aromatic heterocycles. The molecule has 0 spiro atoms. The molecule has 0 bridgehead atoms. The fourth-order valence-electron chi connectivity index (χ4n) is 1.86. The van der Waals surface area contributed by atoms with Gasteiger partial charge in [0.25, 0.3) is 0 Å². The number of rotatable bonds is 5. The zero-order chi connectivity index (χ0) is 15.5. The van der Waals surface area contributed by atoms with E-state index in [4.69, 9.17) is 16.7 Å². The second-order valence-electron chi connectivity index (χ2n) is 4.53. The van der Waals surface area contributed by atoms with Crippen LogP contribution in [0.1, 0.15) is 24.1 Å². The van der Waals surface area contributed by atoms with Gasteiger partial charge >= 0.3 is 0 Å². The summed E-state index contributed by atoms with van der Waals surface area (Å²) >= 11 is 5.87. The average molecular weight is 327 g/mol. The summed E-state index contributed by atoms with van der Waals surface area (Å²) in [5, 5.41) is 9.49. The van der Waals surface area contributed by atoms with Crippen LogP contribution in [0.15, 0.2) is 47.6 Å². The van der Waals surface area contributed by atoms with E-state index in [1.165, 1.54) is 18.2 Å². The van der Waals surface area contributed by atoms with Crippen LogP contribution in [0.25, 0.3) is 0 Å². The molecule has 0 aliphatic heterocycles. The Bertz CT molecular complexity index is 720. The number of hydrogen-bond donors (Lipinski definition) is 2. The first-order valence-electron chi connectivity index (χ1n) is 6.25. The fraction of sp³-hybridized carbons (Fsp3) is 0.214. The first-order valence-corrected chi connectivity index (χ1v) is 8.11. The summed E-state index contributed by atoms with van der Waals surface area (Å²) in [6.45, 7) is 1.43. The highest BCUT2D eigenvalue weighted by atomic mass is 35.5. The van der Waals surface area contributed by atoms with Crippen LogP contribution in [0.3, 0.4) is 0 Å². The molecular weight excluding hydrogens is 312 g/mol. The Kier molecular flexibility index (Phi) is 4.95. The van der Waals surface area contributed by atoms with Crippen LogP contribution in [-0.2, 0) is 16.6 Å². The molecular formula is C14H15ClN2O3S. The van der Waals surface area contributed by atoms with Crippen LogP contribution >= 0.6 is 11.6 Å². The van der Waals surface area contributed by atoms with E-state index < -0.39 is 16.1 Å². The molecule has 2 rings (SSSR count). The van der Waals surface area contributed by atoms with Crippen molar-refractivity contribution >= 4 is 21.6 Å². The molecule has 112 valence electrons. The molecule has 0 radical (unpaired) electrons. The number of hydrogen-bond acceptors (Lipinski definition) is 4. The lowest BCUT2D eigenvalue weighted by Gasteiger charge is -2.15. The molecule has 0 fully saturated rings. The van der Waals surface area contributed by atoms with Crippen molar-refractivity contribution < 1.29 is 13.5 Å². The molecule has 2 N–H and O–H groups in total. The number of aromatic nitrogens is 1. The molecule has 0 aliphatic carbocycles. The minimum atomic E-state index is -3.70. The number of aliphatic hydroxyl groups is 1. The molecule has 2 aromatic rings. The molecule has 1 atom stereocenters. The van der Waals surface area contributed by atoms with Crippen molar-refractivity contribution in [2.24, 2.45) is 0 Å². The Morgan fingerprint density at radius 1 is 1.29 bits per heavy atom. The van der Waals surface area contributed by atoms with Gasteiger partial charge < -0.3 is 5.11 Å². The maximum atomic E-state index is 12.3. The standard InChI is InChI=1S/C14H15ClN2O3S/c1-10(11-4-6-16-7-5-11)17-21(19,20)13-2-3-14(15)12(8-13)9-18/h2-8,10,17-18H,9H2,1H3. The zero-order valence-electron chi connectivity index (χ0n) is 11.3. The monoisotopic (exact) mass is 326 g/mol. The average Bonchev–Trinajstić information content (AvgIpc) is 2.48. The highest BCUT2D eigenvalue weighted by Gasteiger charge is 2.19. The van der Waals surface area contributed by atoms with Crippen LogP contribution in [0.2, 0.25) is 5.02 Å². The van der Waals surface area contributed by atoms with Gasteiger partial charge in [-0.3, -0.25) is 4.98 Å². The second kappa shape index (κ2) is 6.53. The number of pyridine rings is 1. The van der Waals surface area contributed by atoms with E-state index >= 15 is 0 Å². The van der Waals surface area contributed by atoms with Crippen LogP contribution in [-0.4, -0.2) is 18.5 Å². The summed E-state index contributed by atoms with van der Waals surface area (Å²) in [5.74, 6) is 0. The molecule has 1 aromatic carbocycles. The topological polar surface area (TPSA) is 79.3 Å². The van der Waals surface area contributed by atoms with E-state index in [9.17, 15) is 8.42 Å². The summed E-state index contributed by atoms with van der Waals surface area (Å²) in [6, 6.07) is 7.32. The van der Waals surface area contributed by atoms with Gasteiger partial charge in [-0.1, -0.05) is 11.6 Å². The molecule has 21 heavy (non-hydrogen) atoms. The highest BCUT2D eigenvalue weighted by molar-refractivity contribution is 7.89. The largest absolute Gasteiger partial charge is 0.392 e. The molecule has 0 saturated heterocycles. The van der Waals surface area contributed by atoms with Crippen molar-refractivity contribution in [1.82, 2.24) is 9.71 Å². The van der Waals surface area contributed by atoms with Crippen molar-refractivity contribution in [3.05, 3.63) is 58.9 Å². The van der Waals surface area contributed by atoms with E-state index in [0.29, 0.717) is 10.6 Å². The number of nitrogens with one attached hydrogen (secondary N) is 1. The Balaban J connectivity index is 2.26. The molecule has 5 nitrogen and oxygen atoms in total. The van der Waals surface area contributed by atoms with Crippen molar-refractivity contribution in [2.75, 3.05) is 0 Å². The van der Waals surface area contributed by atoms with Gasteiger partial charge in [0.2, 0.25) is 10.0 Å². The van der Waals surface area contributed by atoms with Gasteiger partial charge in [0, 0.05) is 23.5 Å². The summed E-state index contributed by atoms with van der Waals surface area (Å²) in [4.78, 5) is 3.96. The van der Waals surface area contributed by atoms with Crippen molar-refractivity contribution in [1.29, 1.82) is 0 Å². The van der Waals surface area contributed by atoms with Crippen molar-refractivity contribution in [3.63, 3.8) is 0 Å². The Morgan fingerprint density at radius 3 is 2.57 bits per heavy atom. The maximum absolute atomic E-state index is 12.3. The predicted molar refractivity (Wildman–Crippen MR) is 80.3 cm³/mol. The van der Waals surface area contributed by atoms with E-state index in [2.05, 4.69) is 9.71 Å². The first kappa shape index (κ1) is 15.9. The lowest BCUT2D eigenvalue weighted by atomic mass is 10.1. The third-order valence-corrected chi connectivity index (χ3v) is 4.94. The van der Waals surface area contributed by atoms with E-state index in [-0.39, 0.29) is 11.5 Å². The van der Waals surface area contributed by atoms with Crippen LogP contribution in [0.5, 0.6) is 0 Å². The number of aliphatic hydroxyl groups excluding tert-OH is 1. The minimum absolute atomic E-state index is 0.0665. The van der Waals surface area contributed by atoms with E-state index in [0.717, 1.165) is 5.56 Å². The summed E-state index contributed by atoms with van der Waals surface area (Å²) in [6.07, 6.45) is 3.21. The summed E-state index contributed by atoms with van der Waals surface area (Å²) in [5.41, 5.74) is 1.18. The Hall–Kier alpha value is -1.47. The third kappa shape index (κ3) is 3.79. The van der Waals surface area contributed by atoms with E-state index in [1.54, 1.807) is 31.5 Å². The van der Waals surface area contributed by atoms with Gasteiger partial charge in [0.05, 0.1) is 11.5 Å². The fourth-order valence-corrected chi connectivity index (χ4v) is 3.32. The van der Waals surface area contributed by atoms with Gasteiger partial charge in [-0.25, -0.2) is 13.1 Å². The third-order valence-electron chi connectivity index (χ3n) is 3.04. The Labute approximate surface area is 128 Å². The van der Waals surface area contributed by atoms with Gasteiger partial charge in [0.15, 0.2) is 0 Å². The van der Waals surface area contributed by atoms with Gasteiger partial charge in [-0.15, -0.1) is 0 Å². The SMILES string of the molecule is CC(NS(=O)(=O)c1ccc(Cl)c(CO)c1)c1ccncc1. The number of halogens is 1. The van der Waals surface area contributed by atoms with Crippen LogP contribution in [0.4, 0.5) is 0 Å². The molecule has 0 amide bonds. The molecule has 1 unspecified atom stereocenters. The smallest absolute Gasteiger partial charge is 0.241 e. The van der Waals surface area contributed by atoms with Crippen molar-refractivity contribution in [2.45, 2.75) is 24.5 Å². The quantitative estimate of drug-likeness (QED) is 0.883. The maximum Gasteiger partial charge on any atom is 0.241 e. The highest BCUT2D eigenvalue weighted by Crippen LogP contribution is 2.22. The van der Waals surface area contributed by atoms with Gasteiger partial charge in [-0.05, 0) is 48.4 Å². The molecule has 7 heteroatoms. The first-order chi connectivity index (χ1) is 9.94. The number of benzene rings is 1. The Morgan fingerprint density at radius 2 is 1.95 bits per heavy atom. The predicted octanol–water partition coefficient (Wildman–Crippen LogP) is 2.27. The molecule has 1 heterocycles. The lowest BCUT2D eigenvalue weighted by molar-refractivity contribution is 0.281. The normalized spacial score (nSPS) is 13.1. The lowest BCUT2D eigenvalue weighted by Crippen LogP contribution is -2.27. The van der Waals surface area contributed by atoms with Crippen LogP contribution in [0, 0.1) is 0 Å². The van der Waals surface area contributed by atoms with E-state index in [1.807, 2.05) is 0 Å². The van der Waals surface area contributed by atoms with Gasteiger partial charge in [0.1, 0.15) is 0 Å². The zero-order valence-corrected chi connectivity index (χ0v) is 12.9.